The zero-order valence-corrected chi connectivity index (χ0v) is 14.1. The Bertz CT molecular complexity index is 614. The van der Waals surface area contributed by atoms with E-state index in [1.165, 1.54) is 0 Å². The summed E-state index contributed by atoms with van der Waals surface area (Å²) in [6.07, 6.45) is 2.02. The molecule has 4 heteroatoms. The zero-order valence-electron chi connectivity index (χ0n) is 11.7. The van der Waals surface area contributed by atoms with Crippen LogP contribution in [0.25, 0.3) is 0 Å². The Morgan fingerprint density at radius 3 is 2.15 bits per heavy atom. The van der Waals surface area contributed by atoms with Crippen molar-refractivity contribution in [3.05, 3.63) is 57.6 Å². The van der Waals surface area contributed by atoms with Crippen molar-refractivity contribution < 1.29 is 4.79 Å². The average Bonchev–Trinajstić information content (AvgIpc) is 2.44. The summed E-state index contributed by atoms with van der Waals surface area (Å²) in [5.41, 5.74) is 3.71. The van der Waals surface area contributed by atoms with Crippen molar-refractivity contribution in [2.24, 2.45) is 0 Å². The lowest BCUT2D eigenvalue weighted by atomic mass is 10.1. The van der Waals surface area contributed by atoms with E-state index in [2.05, 4.69) is 21.2 Å². The van der Waals surface area contributed by atoms with Gasteiger partial charge in [-0.3, -0.25) is 4.79 Å². The lowest BCUT2D eigenvalue weighted by Crippen LogP contribution is -2.12. The van der Waals surface area contributed by atoms with Gasteiger partial charge >= 0.3 is 0 Å². The number of amides is 1. The molecule has 1 N–H and O–H groups in total. The number of carbonyl (C=O) groups is 1. The summed E-state index contributed by atoms with van der Waals surface area (Å²) >= 11 is 5.19. The fourth-order valence-electron chi connectivity index (χ4n) is 1.96. The Labute approximate surface area is 132 Å². The molecule has 0 heterocycles. The van der Waals surface area contributed by atoms with E-state index in [1.54, 1.807) is 11.8 Å². The lowest BCUT2D eigenvalue weighted by Gasteiger charge is -2.10. The Hall–Kier alpha value is -1.26. The van der Waals surface area contributed by atoms with Gasteiger partial charge in [0.15, 0.2) is 0 Å². The van der Waals surface area contributed by atoms with E-state index in [9.17, 15) is 4.79 Å². The standard InChI is InChI=1S/C16H16BrNOS/c1-10-8-13(9-11(2)15(10)17)18-16(19)12-4-6-14(20-3)7-5-12/h4-9H,1-3H3,(H,18,19). The first kappa shape index (κ1) is 15.1. The molecule has 0 aliphatic carbocycles. The quantitative estimate of drug-likeness (QED) is 0.786. The average molecular weight is 350 g/mol. The number of rotatable bonds is 3. The molecular weight excluding hydrogens is 334 g/mol. The molecule has 0 saturated carbocycles. The van der Waals surface area contributed by atoms with Crippen LogP contribution in [-0.2, 0) is 0 Å². The summed E-state index contributed by atoms with van der Waals surface area (Å²) < 4.78 is 1.08. The van der Waals surface area contributed by atoms with E-state index in [-0.39, 0.29) is 5.91 Å². The number of anilines is 1. The van der Waals surface area contributed by atoms with Gasteiger partial charge in [-0.15, -0.1) is 11.8 Å². The highest BCUT2D eigenvalue weighted by atomic mass is 79.9. The Kier molecular flexibility index (Phi) is 4.89. The van der Waals surface area contributed by atoms with Crippen LogP contribution < -0.4 is 5.32 Å². The van der Waals surface area contributed by atoms with Crippen molar-refractivity contribution in [3.63, 3.8) is 0 Å². The summed E-state index contributed by atoms with van der Waals surface area (Å²) in [4.78, 5) is 13.3. The van der Waals surface area contributed by atoms with Gasteiger partial charge in [-0.05, 0) is 67.6 Å². The van der Waals surface area contributed by atoms with Crippen LogP contribution in [0.5, 0.6) is 0 Å². The highest BCUT2D eigenvalue weighted by molar-refractivity contribution is 9.10. The molecule has 0 radical (unpaired) electrons. The maximum absolute atomic E-state index is 12.2. The van der Waals surface area contributed by atoms with Crippen LogP contribution in [0.15, 0.2) is 45.8 Å². The molecule has 0 aliphatic heterocycles. The van der Waals surface area contributed by atoms with Crippen LogP contribution in [0.3, 0.4) is 0 Å². The molecule has 0 aromatic heterocycles. The number of aryl methyl sites for hydroxylation is 2. The van der Waals surface area contributed by atoms with Crippen LogP contribution >= 0.6 is 27.7 Å². The number of nitrogens with one attached hydrogen (secondary N) is 1. The molecule has 2 aromatic carbocycles. The topological polar surface area (TPSA) is 29.1 Å². The lowest BCUT2D eigenvalue weighted by molar-refractivity contribution is 0.102. The summed E-state index contributed by atoms with van der Waals surface area (Å²) in [7, 11) is 0. The number of carbonyl (C=O) groups excluding carboxylic acids is 1. The first-order valence-electron chi connectivity index (χ1n) is 6.23. The minimum absolute atomic E-state index is 0.0845. The minimum Gasteiger partial charge on any atom is -0.322 e. The number of thioether (sulfide) groups is 1. The van der Waals surface area contributed by atoms with Gasteiger partial charge in [-0.1, -0.05) is 15.9 Å². The number of hydrogen-bond acceptors (Lipinski definition) is 2. The van der Waals surface area contributed by atoms with E-state index in [4.69, 9.17) is 0 Å². The van der Waals surface area contributed by atoms with E-state index in [0.29, 0.717) is 5.56 Å². The molecule has 0 atom stereocenters. The molecule has 2 nitrogen and oxygen atoms in total. The Morgan fingerprint density at radius 2 is 1.65 bits per heavy atom. The predicted molar refractivity (Wildman–Crippen MR) is 89.8 cm³/mol. The van der Waals surface area contributed by atoms with Crippen LogP contribution in [0.1, 0.15) is 21.5 Å². The molecule has 1 amide bonds. The van der Waals surface area contributed by atoms with Crippen molar-refractivity contribution in [1.29, 1.82) is 0 Å². The van der Waals surface area contributed by atoms with Gasteiger partial charge in [0, 0.05) is 20.6 Å². The molecule has 104 valence electrons. The van der Waals surface area contributed by atoms with Crippen LogP contribution in [0.4, 0.5) is 5.69 Å². The number of halogens is 1. The molecular formula is C16H16BrNOS. The van der Waals surface area contributed by atoms with Crippen LogP contribution in [-0.4, -0.2) is 12.2 Å². The summed E-state index contributed by atoms with van der Waals surface area (Å²) in [6, 6.07) is 11.5. The van der Waals surface area contributed by atoms with Crippen LogP contribution in [0, 0.1) is 13.8 Å². The second-order valence-electron chi connectivity index (χ2n) is 4.61. The van der Waals surface area contributed by atoms with Gasteiger partial charge in [-0.2, -0.15) is 0 Å². The molecule has 0 spiro atoms. The van der Waals surface area contributed by atoms with Crippen molar-refractivity contribution in [3.8, 4) is 0 Å². The van der Waals surface area contributed by atoms with Gasteiger partial charge in [0.05, 0.1) is 0 Å². The number of hydrogen-bond donors (Lipinski definition) is 1. The minimum atomic E-state index is -0.0845. The molecule has 0 aliphatic rings. The SMILES string of the molecule is CSc1ccc(C(=O)Nc2cc(C)c(Br)c(C)c2)cc1. The molecule has 0 unspecified atom stereocenters. The van der Waals surface area contributed by atoms with Crippen LogP contribution in [0.2, 0.25) is 0 Å². The predicted octanol–water partition coefficient (Wildman–Crippen LogP) is 5.04. The van der Waals surface area contributed by atoms with Gasteiger partial charge in [0.2, 0.25) is 0 Å². The van der Waals surface area contributed by atoms with Crippen molar-refractivity contribution >= 4 is 39.3 Å². The molecule has 20 heavy (non-hydrogen) atoms. The maximum atomic E-state index is 12.2. The fourth-order valence-corrected chi connectivity index (χ4v) is 2.60. The second-order valence-corrected chi connectivity index (χ2v) is 6.28. The molecule has 2 aromatic rings. The third kappa shape index (κ3) is 3.44. The van der Waals surface area contributed by atoms with Crippen molar-refractivity contribution in [2.75, 3.05) is 11.6 Å². The zero-order chi connectivity index (χ0) is 14.7. The number of benzene rings is 2. The maximum Gasteiger partial charge on any atom is 0.255 e. The Morgan fingerprint density at radius 1 is 1.10 bits per heavy atom. The summed E-state index contributed by atoms with van der Waals surface area (Å²) in [5, 5.41) is 2.94. The first-order chi connectivity index (χ1) is 9.51. The van der Waals surface area contributed by atoms with Crippen molar-refractivity contribution in [2.45, 2.75) is 18.7 Å². The second kappa shape index (κ2) is 6.46. The third-order valence-corrected chi connectivity index (χ3v) is 5.04. The first-order valence-corrected chi connectivity index (χ1v) is 8.25. The molecule has 2 rings (SSSR count). The molecule has 0 bridgehead atoms. The molecule has 0 saturated heterocycles. The highest BCUT2D eigenvalue weighted by Gasteiger charge is 2.08. The van der Waals surface area contributed by atoms with Gasteiger partial charge in [0.25, 0.3) is 5.91 Å². The summed E-state index contributed by atoms with van der Waals surface area (Å²) in [6.45, 7) is 4.03. The van der Waals surface area contributed by atoms with Crippen molar-refractivity contribution in [1.82, 2.24) is 0 Å². The van der Waals surface area contributed by atoms with E-state index >= 15 is 0 Å². The van der Waals surface area contributed by atoms with E-state index in [0.717, 1.165) is 26.2 Å². The third-order valence-electron chi connectivity index (χ3n) is 3.05. The highest BCUT2D eigenvalue weighted by Crippen LogP contribution is 2.25. The smallest absolute Gasteiger partial charge is 0.255 e. The van der Waals surface area contributed by atoms with Gasteiger partial charge < -0.3 is 5.32 Å². The largest absolute Gasteiger partial charge is 0.322 e. The fraction of sp³-hybridized carbons (Fsp3) is 0.188. The van der Waals surface area contributed by atoms with E-state index in [1.807, 2.05) is 56.5 Å². The van der Waals surface area contributed by atoms with Gasteiger partial charge in [0.1, 0.15) is 0 Å². The van der Waals surface area contributed by atoms with E-state index < -0.39 is 0 Å². The van der Waals surface area contributed by atoms with Gasteiger partial charge in [-0.25, -0.2) is 0 Å². The summed E-state index contributed by atoms with van der Waals surface area (Å²) in [5.74, 6) is -0.0845. The normalized spacial score (nSPS) is 10.4. The monoisotopic (exact) mass is 349 g/mol. The Balaban J connectivity index is 2.18. The molecule has 0 fully saturated rings.